The Kier molecular flexibility index (Phi) is 4.32. The average molecular weight is 283 g/mol. The highest BCUT2D eigenvalue weighted by Gasteiger charge is 2.30. The van der Waals surface area contributed by atoms with E-state index in [0.717, 1.165) is 24.6 Å². The standard InChI is InChI=1S/C14H15F2NO3/c15-10-3-4-12(16)9(6-10)7-13(18)17-5-1-2-11(17)8-14(19)20/h3-4,6,11H,1-2,5,7-8H2,(H,19,20). The van der Waals surface area contributed by atoms with Gasteiger partial charge in [0.15, 0.2) is 0 Å². The van der Waals surface area contributed by atoms with Gasteiger partial charge in [0, 0.05) is 18.2 Å². The third-order valence-corrected chi connectivity index (χ3v) is 3.46. The van der Waals surface area contributed by atoms with Gasteiger partial charge in [0.05, 0.1) is 12.8 Å². The zero-order valence-corrected chi connectivity index (χ0v) is 10.8. The molecule has 0 saturated carbocycles. The Morgan fingerprint density at radius 1 is 1.35 bits per heavy atom. The molecule has 1 N–H and O–H groups in total. The second-order valence-electron chi connectivity index (χ2n) is 4.89. The fourth-order valence-corrected chi connectivity index (χ4v) is 2.52. The summed E-state index contributed by atoms with van der Waals surface area (Å²) in [6.07, 6.45) is 0.996. The third-order valence-electron chi connectivity index (χ3n) is 3.46. The minimum absolute atomic E-state index is 0.00373. The van der Waals surface area contributed by atoms with Crippen LogP contribution in [0.25, 0.3) is 0 Å². The fraction of sp³-hybridized carbons (Fsp3) is 0.429. The highest BCUT2D eigenvalue weighted by molar-refractivity contribution is 5.80. The smallest absolute Gasteiger partial charge is 0.305 e. The second kappa shape index (κ2) is 5.98. The Hall–Kier alpha value is -1.98. The van der Waals surface area contributed by atoms with Crippen molar-refractivity contribution < 1.29 is 23.5 Å². The van der Waals surface area contributed by atoms with Crippen LogP contribution in [0.5, 0.6) is 0 Å². The maximum atomic E-state index is 13.5. The summed E-state index contributed by atoms with van der Waals surface area (Å²) in [6.45, 7) is 0.466. The Morgan fingerprint density at radius 2 is 2.10 bits per heavy atom. The summed E-state index contributed by atoms with van der Waals surface area (Å²) in [5, 5.41) is 8.80. The van der Waals surface area contributed by atoms with Gasteiger partial charge in [0.1, 0.15) is 11.6 Å². The van der Waals surface area contributed by atoms with Gasteiger partial charge in [-0.15, -0.1) is 0 Å². The van der Waals surface area contributed by atoms with Crippen LogP contribution in [0.1, 0.15) is 24.8 Å². The average Bonchev–Trinajstić information content (AvgIpc) is 2.81. The first kappa shape index (κ1) is 14.4. The number of benzene rings is 1. The molecule has 108 valence electrons. The highest BCUT2D eigenvalue weighted by atomic mass is 19.1. The van der Waals surface area contributed by atoms with Crippen LogP contribution in [0.4, 0.5) is 8.78 Å². The fourth-order valence-electron chi connectivity index (χ4n) is 2.52. The number of hydrogen-bond acceptors (Lipinski definition) is 2. The summed E-state index contributed by atoms with van der Waals surface area (Å²) in [6, 6.07) is 2.62. The molecule has 1 amide bonds. The van der Waals surface area contributed by atoms with Crippen molar-refractivity contribution in [1.29, 1.82) is 0 Å². The first-order valence-corrected chi connectivity index (χ1v) is 6.42. The number of carboxylic acids is 1. The van der Waals surface area contributed by atoms with Crippen LogP contribution in [0, 0.1) is 11.6 Å². The zero-order chi connectivity index (χ0) is 14.7. The molecule has 20 heavy (non-hydrogen) atoms. The van der Waals surface area contributed by atoms with Gasteiger partial charge in [0.25, 0.3) is 0 Å². The number of carbonyl (C=O) groups excluding carboxylic acids is 1. The Balaban J connectivity index is 2.07. The molecule has 4 nitrogen and oxygen atoms in total. The van der Waals surface area contributed by atoms with Crippen molar-refractivity contribution in [3.63, 3.8) is 0 Å². The third kappa shape index (κ3) is 3.31. The van der Waals surface area contributed by atoms with Crippen molar-refractivity contribution >= 4 is 11.9 Å². The first-order chi connectivity index (χ1) is 9.47. The lowest BCUT2D eigenvalue weighted by Crippen LogP contribution is -2.37. The van der Waals surface area contributed by atoms with Gasteiger partial charge in [-0.05, 0) is 31.0 Å². The molecule has 6 heteroatoms. The van der Waals surface area contributed by atoms with E-state index >= 15 is 0 Å². The van der Waals surface area contributed by atoms with Crippen LogP contribution in [-0.4, -0.2) is 34.5 Å². The van der Waals surface area contributed by atoms with E-state index < -0.39 is 17.6 Å². The molecule has 1 aliphatic rings. The van der Waals surface area contributed by atoms with Crippen LogP contribution in [0.3, 0.4) is 0 Å². The molecule has 1 aromatic rings. The molecule has 1 aromatic carbocycles. The van der Waals surface area contributed by atoms with E-state index in [2.05, 4.69) is 0 Å². The van der Waals surface area contributed by atoms with Crippen molar-refractivity contribution in [3.05, 3.63) is 35.4 Å². The van der Waals surface area contributed by atoms with E-state index in [-0.39, 0.29) is 30.4 Å². The number of aliphatic carboxylic acids is 1. The minimum Gasteiger partial charge on any atom is -0.481 e. The van der Waals surface area contributed by atoms with E-state index in [1.54, 1.807) is 0 Å². The van der Waals surface area contributed by atoms with Crippen molar-refractivity contribution in [3.8, 4) is 0 Å². The maximum Gasteiger partial charge on any atom is 0.305 e. The minimum atomic E-state index is -0.966. The van der Waals surface area contributed by atoms with Crippen molar-refractivity contribution in [2.45, 2.75) is 31.7 Å². The first-order valence-electron chi connectivity index (χ1n) is 6.42. The molecule has 1 fully saturated rings. The second-order valence-corrected chi connectivity index (χ2v) is 4.89. The van der Waals surface area contributed by atoms with E-state index in [4.69, 9.17) is 5.11 Å². The number of halogens is 2. The van der Waals surface area contributed by atoms with Gasteiger partial charge in [-0.1, -0.05) is 0 Å². The van der Waals surface area contributed by atoms with Crippen molar-refractivity contribution in [1.82, 2.24) is 4.90 Å². The normalized spacial score (nSPS) is 18.3. The highest BCUT2D eigenvalue weighted by Crippen LogP contribution is 2.22. The molecular weight excluding hydrogens is 268 g/mol. The SMILES string of the molecule is O=C(O)CC1CCCN1C(=O)Cc1cc(F)ccc1F. The Morgan fingerprint density at radius 3 is 2.80 bits per heavy atom. The molecule has 1 heterocycles. The van der Waals surface area contributed by atoms with Crippen LogP contribution in [-0.2, 0) is 16.0 Å². The zero-order valence-electron chi connectivity index (χ0n) is 10.8. The number of rotatable bonds is 4. The number of hydrogen-bond donors (Lipinski definition) is 1. The van der Waals surface area contributed by atoms with Crippen LogP contribution < -0.4 is 0 Å². The number of amides is 1. The molecule has 1 unspecified atom stereocenters. The monoisotopic (exact) mass is 283 g/mol. The topological polar surface area (TPSA) is 57.6 Å². The molecule has 0 aliphatic carbocycles. The number of nitrogens with zero attached hydrogens (tertiary/aromatic N) is 1. The molecule has 2 rings (SSSR count). The maximum absolute atomic E-state index is 13.5. The van der Waals surface area contributed by atoms with Gasteiger partial charge >= 0.3 is 5.97 Å². The summed E-state index contributed by atoms with van der Waals surface area (Å²) in [7, 11) is 0. The summed E-state index contributed by atoms with van der Waals surface area (Å²) in [4.78, 5) is 24.3. The predicted octanol–water partition coefficient (Wildman–Crippen LogP) is 1.97. The Labute approximate surface area is 115 Å². The predicted molar refractivity (Wildman–Crippen MR) is 67.0 cm³/mol. The Bertz CT molecular complexity index is 533. The lowest BCUT2D eigenvalue weighted by atomic mass is 10.1. The summed E-state index contributed by atoms with van der Waals surface area (Å²) in [5.74, 6) is -2.56. The summed E-state index contributed by atoms with van der Waals surface area (Å²) < 4.78 is 26.5. The lowest BCUT2D eigenvalue weighted by Gasteiger charge is -2.23. The largest absolute Gasteiger partial charge is 0.481 e. The molecule has 0 spiro atoms. The van der Waals surface area contributed by atoms with E-state index in [9.17, 15) is 18.4 Å². The lowest BCUT2D eigenvalue weighted by molar-refractivity contribution is -0.139. The molecule has 0 bridgehead atoms. The van der Waals surface area contributed by atoms with Crippen LogP contribution in [0.2, 0.25) is 0 Å². The van der Waals surface area contributed by atoms with Gasteiger partial charge < -0.3 is 10.0 Å². The summed E-state index contributed by atoms with van der Waals surface area (Å²) in [5.41, 5.74) is -0.00373. The van der Waals surface area contributed by atoms with E-state index in [1.165, 1.54) is 4.90 Å². The molecule has 1 aliphatic heterocycles. The van der Waals surface area contributed by atoms with Crippen molar-refractivity contribution in [2.75, 3.05) is 6.54 Å². The van der Waals surface area contributed by atoms with Gasteiger partial charge in [-0.25, -0.2) is 8.78 Å². The quantitative estimate of drug-likeness (QED) is 0.919. The molecule has 1 atom stereocenters. The van der Waals surface area contributed by atoms with Gasteiger partial charge in [-0.3, -0.25) is 9.59 Å². The number of likely N-dealkylation sites (tertiary alicyclic amines) is 1. The van der Waals surface area contributed by atoms with E-state index in [0.29, 0.717) is 13.0 Å². The van der Waals surface area contributed by atoms with Gasteiger partial charge in [-0.2, -0.15) is 0 Å². The van der Waals surface area contributed by atoms with Crippen LogP contribution in [0.15, 0.2) is 18.2 Å². The number of carbonyl (C=O) groups is 2. The summed E-state index contributed by atoms with van der Waals surface area (Å²) >= 11 is 0. The number of carboxylic acid groups (broad SMARTS) is 1. The van der Waals surface area contributed by atoms with Gasteiger partial charge in [0.2, 0.25) is 5.91 Å². The molecule has 0 radical (unpaired) electrons. The van der Waals surface area contributed by atoms with E-state index in [1.807, 2.05) is 0 Å². The molecule has 1 saturated heterocycles. The van der Waals surface area contributed by atoms with Crippen LogP contribution >= 0.6 is 0 Å². The van der Waals surface area contributed by atoms with Crippen molar-refractivity contribution in [2.24, 2.45) is 0 Å². The molecule has 0 aromatic heterocycles. The molecular formula is C14H15F2NO3.